The van der Waals surface area contributed by atoms with E-state index < -0.39 is 0 Å². The number of thiophene rings is 1. The summed E-state index contributed by atoms with van der Waals surface area (Å²) in [5.41, 5.74) is 6.81. The molecule has 3 aromatic heterocycles. The van der Waals surface area contributed by atoms with Crippen molar-refractivity contribution in [3.8, 4) is 45.3 Å². The molecule has 0 aliphatic carbocycles. The van der Waals surface area contributed by atoms with Gasteiger partial charge in [0.25, 0.3) is 0 Å². The molecule has 278 valence electrons. The third kappa shape index (κ3) is 5.00. The van der Waals surface area contributed by atoms with Gasteiger partial charge in [-0.15, -0.1) is 11.3 Å². The molecule has 0 aliphatic heterocycles. The fraction of sp³-hybridized carbons (Fsp3) is 0. The summed E-state index contributed by atoms with van der Waals surface area (Å²) in [6, 6.07) is 66.8. The fourth-order valence-electron chi connectivity index (χ4n) is 9.35. The summed E-state index contributed by atoms with van der Waals surface area (Å²) in [6.45, 7) is 0. The molecule has 0 amide bonds. The average Bonchev–Trinajstić information content (AvgIpc) is 3.88. The maximum atomic E-state index is 6.31. The van der Waals surface area contributed by atoms with Gasteiger partial charge < -0.3 is 4.42 Å². The van der Waals surface area contributed by atoms with Crippen LogP contribution in [0.5, 0.6) is 0 Å². The molecular weight excluding hydrogens is 751 g/mol. The average molecular weight is 782 g/mol. The van der Waals surface area contributed by atoms with Gasteiger partial charge in [-0.1, -0.05) is 152 Å². The highest BCUT2D eigenvalue weighted by Gasteiger charge is 2.22. The molecule has 0 aliphatic rings. The fourth-order valence-corrected chi connectivity index (χ4v) is 10.7. The van der Waals surface area contributed by atoms with E-state index in [0.29, 0.717) is 17.5 Å². The van der Waals surface area contributed by atoms with E-state index in [2.05, 4.69) is 140 Å². The minimum absolute atomic E-state index is 0.601. The van der Waals surface area contributed by atoms with Gasteiger partial charge in [0, 0.05) is 53.0 Å². The maximum Gasteiger partial charge on any atom is 0.164 e. The van der Waals surface area contributed by atoms with Crippen LogP contribution in [0.2, 0.25) is 0 Å². The zero-order valence-corrected chi connectivity index (χ0v) is 32.9. The predicted molar refractivity (Wildman–Crippen MR) is 252 cm³/mol. The number of hydrogen-bond donors (Lipinski definition) is 0. The van der Waals surface area contributed by atoms with Crippen LogP contribution in [-0.2, 0) is 0 Å². The van der Waals surface area contributed by atoms with Crippen molar-refractivity contribution >= 4 is 96.5 Å². The quantitative estimate of drug-likeness (QED) is 0.167. The van der Waals surface area contributed by atoms with Gasteiger partial charge in [-0.25, -0.2) is 15.0 Å². The third-order valence-electron chi connectivity index (χ3n) is 12.1. The van der Waals surface area contributed by atoms with Gasteiger partial charge in [0.2, 0.25) is 0 Å². The largest absolute Gasteiger partial charge is 0.456 e. The molecule has 0 atom stereocenters. The molecule has 60 heavy (non-hydrogen) atoms. The van der Waals surface area contributed by atoms with E-state index in [1.165, 1.54) is 63.6 Å². The Morgan fingerprint density at radius 2 is 0.950 bits per heavy atom. The molecule has 5 heteroatoms. The Bertz CT molecular complexity index is 3900. The number of fused-ring (bicyclic) bond motifs is 12. The van der Waals surface area contributed by atoms with Crippen LogP contribution in [0.4, 0.5) is 0 Å². The van der Waals surface area contributed by atoms with Gasteiger partial charge in [-0.2, -0.15) is 0 Å². The summed E-state index contributed by atoms with van der Waals surface area (Å²) in [5, 5.41) is 14.4. The van der Waals surface area contributed by atoms with E-state index in [-0.39, 0.29) is 0 Å². The minimum atomic E-state index is 0.601. The minimum Gasteiger partial charge on any atom is -0.456 e. The lowest BCUT2D eigenvalue weighted by Gasteiger charge is -2.15. The molecular formula is C55H31N3OS. The highest BCUT2D eigenvalue weighted by atomic mass is 32.1. The van der Waals surface area contributed by atoms with E-state index in [9.17, 15) is 0 Å². The highest BCUT2D eigenvalue weighted by Crippen LogP contribution is 2.49. The lowest BCUT2D eigenvalue weighted by atomic mass is 9.89. The van der Waals surface area contributed by atoms with E-state index in [0.717, 1.165) is 49.4 Å². The number of nitrogens with zero attached hydrogens (tertiary/aromatic N) is 3. The van der Waals surface area contributed by atoms with Crippen molar-refractivity contribution in [1.29, 1.82) is 0 Å². The Morgan fingerprint density at radius 3 is 1.78 bits per heavy atom. The number of benzene rings is 10. The monoisotopic (exact) mass is 781 g/mol. The lowest BCUT2D eigenvalue weighted by Crippen LogP contribution is -2.01. The summed E-state index contributed by atoms with van der Waals surface area (Å²) in [6.07, 6.45) is 0. The molecule has 0 unspecified atom stereocenters. The first-order valence-corrected chi connectivity index (χ1v) is 21.0. The summed E-state index contributed by atoms with van der Waals surface area (Å²) in [4.78, 5) is 15.7. The molecule has 13 rings (SSSR count). The molecule has 10 aromatic carbocycles. The summed E-state index contributed by atoms with van der Waals surface area (Å²) < 4.78 is 8.91. The van der Waals surface area contributed by atoms with Gasteiger partial charge in [0.15, 0.2) is 17.5 Å². The third-order valence-corrected chi connectivity index (χ3v) is 13.2. The van der Waals surface area contributed by atoms with Gasteiger partial charge >= 0.3 is 0 Å². The molecule has 4 nitrogen and oxygen atoms in total. The number of furan rings is 1. The number of hydrogen-bond acceptors (Lipinski definition) is 5. The van der Waals surface area contributed by atoms with Crippen LogP contribution < -0.4 is 0 Å². The van der Waals surface area contributed by atoms with Crippen molar-refractivity contribution in [2.24, 2.45) is 0 Å². The Morgan fingerprint density at radius 1 is 0.333 bits per heavy atom. The second kappa shape index (κ2) is 12.9. The summed E-state index contributed by atoms with van der Waals surface area (Å²) >= 11 is 1.90. The zero-order valence-electron chi connectivity index (χ0n) is 32.1. The Hall–Kier alpha value is -7.73. The van der Waals surface area contributed by atoms with E-state index in [1.807, 2.05) is 59.9 Å². The molecule has 0 spiro atoms. The number of para-hydroxylation sites is 1. The Labute approximate surface area is 347 Å². The first-order valence-electron chi connectivity index (χ1n) is 20.2. The van der Waals surface area contributed by atoms with Crippen molar-refractivity contribution in [1.82, 2.24) is 15.0 Å². The van der Waals surface area contributed by atoms with Crippen LogP contribution in [0.1, 0.15) is 0 Å². The highest BCUT2D eigenvalue weighted by molar-refractivity contribution is 7.27. The van der Waals surface area contributed by atoms with Crippen molar-refractivity contribution in [3.05, 3.63) is 188 Å². The first kappa shape index (κ1) is 33.3. The smallest absolute Gasteiger partial charge is 0.164 e. The Balaban J connectivity index is 1.09. The molecule has 0 saturated heterocycles. The Kier molecular flexibility index (Phi) is 7.14. The van der Waals surface area contributed by atoms with Crippen LogP contribution in [0.15, 0.2) is 192 Å². The van der Waals surface area contributed by atoms with Gasteiger partial charge in [0.1, 0.15) is 11.2 Å². The molecule has 0 saturated carbocycles. The normalized spacial score (nSPS) is 12.0. The van der Waals surface area contributed by atoms with Crippen LogP contribution >= 0.6 is 11.3 Å². The van der Waals surface area contributed by atoms with Crippen molar-refractivity contribution in [2.45, 2.75) is 0 Å². The standard InChI is InChI=1S/C55H31N3OS/c1-2-14-33(15-3-1)53-56-54(58-55(57-53)43-22-12-24-47-50(43)42-21-10-11-23-46(42)59-47)41-28-27-40(38-19-8-9-20-39(38)41)44-30-36-26-25-32-13-6-7-18-37(32)49(36)52-51(44)45-29-34-16-4-5-17-35(34)31-48(45)60-52/h1-31H. The SMILES string of the molecule is c1ccc(-c2nc(-c3ccc(-c4cc5ccc6ccccc6c5c5sc6cc7ccccc7cc6c45)c4ccccc34)nc(-c3cccc4oc5ccccc5c34)n2)cc1. The summed E-state index contributed by atoms with van der Waals surface area (Å²) in [5.74, 6) is 1.84. The predicted octanol–water partition coefficient (Wildman–Crippen LogP) is 15.4. The molecule has 3 heterocycles. The first-order chi connectivity index (χ1) is 29.7. The van der Waals surface area contributed by atoms with Gasteiger partial charge in [-0.05, 0) is 85.2 Å². The van der Waals surface area contributed by atoms with Gasteiger partial charge in [0.05, 0.1) is 0 Å². The molecule has 13 aromatic rings. The summed E-state index contributed by atoms with van der Waals surface area (Å²) in [7, 11) is 0. The zero-order chi connectivity index (χ0) is 39.3. The number of rotatable bonds is 4. The second-order valence-corrected chi connectivity index (χ2v) is 16.5. The van der Waals surface area contributed by atoms with Crippen LogP contribution in [0, 0.1) is 0 Å². The molecule has 0 bridgehead atoms. The van der Waals surface area contributed by atoms with Crippen LogP contribution in [-0.4, -0.2) is 15.0 Å². The van der Waals surface area contributed by atoms with Gasteiger partial charge in [-0.3, -0.25) is 0 Å². The lowest BCUT2D eigenvalue weighted by molar-refractivity contribution is 0.669. The molecule has 0 N–H and O–H groups in total. The maximum absolute atomic E-state index is 6.31. The number of aromatic nitrogens is 3. The second-order valence-electron chi connectivity index (χ2n) is 15.5. The van der Waals surface area contributed by atoms with E-state index in [4.69, 9.17) is 19.4 Å². The van der Waals surface area contributed by atoms with Crippen molar-refractivity contribution in [2.75, 3.05) is 0 Å². The van der Waals surface area contributed by atoms with E-state index in [1.54, 1.807) is 0 Å². The van der Waals surface area contributed by atoms with Crippen molar-refractivity contribution in [3.63, 3.8) is 0 Å². The molecule has 0 radical (unpaired) electrons. The van der Waals surface area contributed by atoms with E-state index >= 15 is 0 Å². The van der Waals surface area contributed by atoms with Crippen LogP contribution in [0.25, 0.3) is 130 Å². The van der Waals surface area contributed by atoms with Crippen LogP contribution in [0.3, 0.4) is 0 Å². The van der Waals surface area contributed by atoms with Crippen molar-refractivity contribution < 1.29 is 4.42 Å². The molecule has 0 fully saturated rings. The topological polar surface area (TPSA) is 51.8 Å².